The summed E-state index contributed by atoms with van der Waals surface area (Å²) in [6.45, 7) is -0.878. The molecule has 4 N–H and O–H groups in total. The van der Waals surface area contributed by atoms with Crippen molar-refractivity contribution < 1.29 is 28.0 Å². The first-order valence-electron chi connectivity index (χ1n) is 4.08. The van der Waals surface area contributed by atoms with E-state index in [1.807, 2.05) is 0 Å². The highest BCUT2D eigenvalue weighted by atomic mass is 16.4. The first kappa shape index (κ1) is 7.17. The Hall–Kier alpha value is -0.490. The maximum absolute atomic E-state index is 9.96. The van der Waals surface area contributed by atoms with Gasteiger partial charge in [0.1, 0.15) is 18.3 Å². The molecule has 4 atom stereocenters. The molecule has 0 unspecified atom stereocenters. The lowest BCUT2D eigenvalue weighted by atomic mass is 10.1. The molecule has 0 rings (SSSR count). The molecule has 0 bridgehead atoms. The second-order valence-corrected chi connectivity index (χ2v) is 2.05. The van der Waals surface area contributed by atoms with Crippen molar-refractivity contribution in [3.8, 4) is 0 Å². The van der Waals surface area contributed by atoms with Gasteiger partial charge in [-0.05, 0) is 6.90 Å². The van der Waals surface area contributed by atoms with Gasteiger partial charge < -0.3 is 25.2 Å². The van der Waals surface area contributed by atoms with Gasteiger partial charge in [0, 0.05) is 1.37 Å². The van der Waals surface area contributed by atoms with Crippen LogP contribution in [0.1, 0.15) is 9.64 Å². The van der Waals surface area contributed by atoms with Gasteiger partial charge in [0.2, 0.25) is 0 Å². The molecule has 0 aliphatic rings. The minimum atomic E-state index is -2.59. The molecule has 0 aromatic rings. The quantitative estimate of drug-likeness (QED) is 0.352. The molecule has 0 fully saturated rings. The van der Waals surface area contributed by atoms with E-state index in [2.05, 4.69) is 0 Å². The van der Waals surface area contributed by atoms with Crippen molar-refractivity contribution in [1.29, 1.82) is 0 Å². The predicted octanol–water partition coefficient (Wildman–Crippen LogP) is -2.35. The van der Waals surface area contributed by atoms with Crippen LogP contribution in [0.5, 0.6) is 0 Å². The zero-order valence-electron chi connectivity index (χ0n) is 7.71. The number of aldehydes is 1. The fourth-order valence-electron chi connectivity index (χ4n) is 0.464. The third-order valence-corrected chi connectivity index (χ3v) is 1.15. The topological polar surface area (TPSA) is 98.0 Å². The first-order chi connectivity index (χ1) is 5.86. The van der Waals surface area contributed by atoms with Crippen molar-refractivity contribution in [2.45, 2.75) is 31.3 Å². The third-order valence-electron chi connectivity index (χ3n) is 1.15. The molecule has 0 radical (unpaired) electrons. The number of hydrogen-bond donors (Lipinski definition) is 4. The minimum Gasteiger partial charge on any atom is -0.391 e. The van der Waals surface area contributed by atoms with Crippen molar-refractivity contribution >= 4 is 6.29 Å². The smallest absolute Gasteiger partial charge is 0.151 e. The molecular formula is C6H12O5. The van der Waals surface area contributed by atoms with Crippen LogP contribution in [0.4, 0.5) is 0 Å². The highest BCUT2D eigenvalue weighted by Crippen LogP contribution is 2.02. The summed E-state index contributed by atoms with van der Waals surface area (Å²) in [6, 6.07) is 0. The fraction of sp³-hybridized carbons (Fsp3) is 0.833. The standard InChI is InChI=1S/C6H12O5/c1-3(8)5(10)6(11)4(9)2-7/h2-6,8-11H,1H3/t3-,4+,5+,6-/m0/s1/i1T,3T. The number of hydrogen-bond acceptors (Lipinski definition) is 5. The summed E-state index contributed by atoms with van der Waals surface area (Å²) in [4.78, 5) is 9.96. The average Bonchev–Trinajstić information content (AvgIpc) is 2.14. The predicted molar refractivity (Wildman–Crippen MR) is 35.8 cm³/mol. The Morgan fingerprint density at radius 1 is 1.36 bits per heavy atom. The summed E-state index contributed by atoms with van der Waals surface area (Å²) < 4.78 is 13.6. The Balaban J connectivity index is 4.40. The highest BCUT2D eigenvalue weighted by Gasteiger charge is 2.27. The summed E-state index contributed by atoms with van der Waals surface area (Å²) in [5, 5.41) is 35.6. The zero-order chi connectivity index (χ0) is 10.6. The van der Waals surface area contributed by atoms with Crippen LogP contribution in [0.2, 0.25) is 0 Å². The maximum Gasteiger partial charge on any atom is 0.151 e. The zero-order valence-corrected chi connectivity index (χ0v) is 5.71. The summed E-state index contributed by atoms with van der Waals surface area (Å²) in [5.74, 6) is 0. The van der Waals surface area contributed by atoms with Gasteiger partial charge in [-0.25, -0.2) is 0 Å². The molecular weight excluding hydrogens is 152 g/mol. The Bertz CT molecular complexity index is 174. The maximum atomic E-state index is 9.96. The lowest BCUT2D eigenvalue weighted by molar-refractivity contribution is -0.132. The van der Waals surface area contributed by atoms with Crippen LogP contribution >= 0.6 is 0 Å². The molecule has 11 heavy (non-hydrogen) atoms. The molecule has 0 saturated heterocycles. The Morgan fingerprint density at radius 2 is 1.91 bits per heavy atom. The number of aliphatic hydroxyl groups is 4. The number of rotatable bonds is 4. The number of carbonyl (C=O) groups is 1. The van der Waals surface area contributed by atoms with E-state index < -0.39 is 31.3 Å². The van der Waals surface area contributed by atoms with Gasteiger partial charge in [-0.3, -0.25) is 0 Å². The lowest BCUT2D eigenvalue weighted by Gasteiger charge is -2.21. The van der Waals surface area contributed by atoms with Gasteiger partial charge in [-0.15, -0.1) is 0 Å². The van der Waals surface area contributed by atoms with Crippen LogP contribution in [0.3, 0.4) is 0 Å². The molecule has 0 spiro atoms. The Labute approximate surface area is 66.7 Å². The molecule has 0 heterocycles. The van der Waals surface area contributed by atoms with Crippen LogP contribution in [0, 0.1) is 0 Å². The van der Waals surface area contributed by atoms with E-state index in [4.69, 9.17) is 23.2 Å². The van der Waals surface area contributed by atoms with E-state index in [0.29, 0.717) is 0 Å². The van der Waals surface area contributed by atoms with E-state index in [1.165, 1.54) is 0 Å². The molecule has 0 amide bonds. The molecule has 5 nitrogen and oxygen atoms in total. The second-order valence-electron chi connectivity index (χ2n) is 2.05. The Kier molecular flexibility index (Phi) is 2.87. The normalized spacial score (nSPS) is 27.3. The van der Waals surface area contributed by atoms with Gasteiger partial charge in [-0.2, -0.15) is 0 Å². The number of carbonyl (C=O) groups excluding carboxylic acids is 1. The SMILES string of the molecule is [3H]C[C@]([3H])(O)[C@@H](O)[C@@H](O)[C@H](O)C=O. The summed E-state index contributed by atoms with van der Waals surface area (Å²) in [6.07, 6.45) is -8.54. The molecule has 0 saturated carbocycles. The molecule has 0 aliphatic heterocycles. The average molecular weight is 168 g/mol. The van der Waals surface area contributed by atoms with E-state index in [1.54, 1.807) is 0 Å². The van der Waals surface area contributed by atoms with E-state index in [9.17, 15) is 4.79 Å². The molecule has 0 aliphatic carbocycles. The highest BCUT2D eigenvalue weighted by molar-refractivity contribution is 5.56. The summed E-state index contributed by atoms with van der Waals surface area (Å²) >= 11 is 0. The van der Waals surface area contributed by atoms with E-state index in [-0.39, 0.29) is 6.29 Å². The number of aliphatic hydroxyl groups excluding tert-OH is 3. The first-order valence-corrected chi connectivity index (χ1v) is 2.88. The van der Waals surface area contributed by atoms with Crippen molar-refractivity contribution in [3.63, 3.8) is 0 Å². The van der Waals surface area contributed by atoms with E-state index >= 15 is 0 Å². The second kappa shape index (κ2) is 4.40. The van der Waals surface area contributed by atoms with Crippen LogP contribution in [0.25, 0.3) is 0 Å². The molecule has 66 valence electrons. The van der Waals surface area contributed by atoms with Gasteiger partial charge in [-0.1, -0.05) is 0 Å². The molecule has 5 heteroatoms. The van der Waals surface area contributed by atoms with Gasteiger partial charge in [0.25, 0.3) is 0 Å². The van der Waals surface area contributed by atoms with Gasteiger partial charge in [0.05, 0.1) is 7.45 Å². The van der Waals surface area contributed by atoms with Crippen LogP contribution in [-0.2, 0) is 4.79 Å². The largest absolute Gasteiger partial charge is 0.391 e. The molecule has 0 aromatic heterocycles. The van der Waals surface area contributed by atoms with Crippen LogP contribution in [0.15, 0.2) is 0 Å². The van der Waals surface area contributed by atoms with Crippen molar-refractivity contribution in [3.05, 3.63) is 0 Å². The van der Waals surface area contributed by atoms with Crippen LogP contribution < -0.4 is 0 Å². The monoisotopic (exact) mass is 168 g/mol. The van der Waals surface area contributed by atoms with Gasteiger partial charge in [0.15, 0.2) is 6.29 Å². The van der Waals surface area contributed by atoms with Crippen molar-refractivity contribution in [1.82, 2.24) is 0 Å². The van der Waals surface area contributed by atoms with Crippen LogP contribution in [-0.4, -0.2) is 51.1 Å². The fourth-order valence-corrected chi connectivity index (χ4v) is 0.464. The molecule has 0 aromatic carbocycles. The van der Waals surface area contributed by atoms with E-state index in [0.717, 1.165) is 0 Å². The third kappa shape index (κ3) is 2.94. The summed E-state index contributed by atoms with van der Waals surface area (Å²) in [5.41, 5.74) is 0. The Morgan fingerprint density at radius 3 is 2.27 bits per heavy atom. The van der Waals surface area contributed by atoms with Crippen molar-refractivity contribution in [2.75, 3.05) is 0 Å². The lowest BCUT2D eigenvalue weighted by Crippen LogP contribution is -2.43. The summed E-state index contributed by atoms with van der Waals surface area (Å²) in [7, 11) is 0. The van der Waals surface area contributed by atoms with Crippen molar-refractivity contribution in [2.24, 2.45) is 0 Å². The van der Waals surface area contributed by atoms with Gasteiger partial charge >= 0.3 is 0 Å². The minimum absolute atomic E-state index is 0.0338.